The van der Waals surface area contributed by atoms with Gasteiger partial charge in [0.2, 0.25) is 0 Å². The molecule has 0 heteroatoms. The largest absolute Gasteiger partial charge is 0.0627 e. The maximum atomic E-state index is 2.34. The minimum absolute atomic E-state index is 0.305. The SMILES string of the molecule is Cc1ccccc1C(C)(C)CC(C)C. The van der Waals surface area contributed by atoms with Crippen molar-refractivity contribution in [2.24, 2.45) is 5.92 Å². The predicted octanol–water partition coefficient (Wildman–Crippen LogP) is 4.32. The first-order valence-electron chi connectivity index (χ1n) is 5.49. The number of aryl methyl sites for hydroxylation is 1. The summed E-state index contributed by atoms with van der Waals surface area (Å²) in [5, 5.41) is 0. The highest BCUT2D eigenvalue weighted by atomic mass is 14.3. The van der Waals surface area contributed by atoms with Gasteiger partial charge in [0.25, 0.3) is 0 Å². The molecule has 1 aromatic carbocycles. The molecule has 0 bridgehead atoms. The minimum Gasteiger partial charge on any atom is -0.0627 e. The molecule has 0 heterocycles. The highest BCUT2D eigenvalue weighted by Crippen LogP contribution is 2.32. The van der Waals surface area contributed by atoms with Gasteiger partial charge < -0.3 is 0 Å². The molecule has 0 aliphatic carbocycles. The first kappa shape index (κ1) is 11.3. The molecule has 0 aromatic heterocycles. The van der Waals surface area contributed by atoms with Crippen molar-refractivity contribution < 1.29 is 0 Å². The summed E-state index contributed by atoms with van der Waals surface area (Å²) in [6.07, 6.45) is 1.25. The quantitative estimate of drug-likeness (QED) is 0.666. The van der Waals surface area contributed by atoms with Crippen molar-refractivity contribution in [3.8, 4) is 0 Å². The van der Waals surface area contributed by atoms with Crippen molar-refractivity contribution in [1.29, 1.82) is 0 Å². The lowest BCUT2D eigenvalue weighted by atomic mass is 9.76. The third-order valence-electron chi connectivity index (χ3n) is 2.79. The maximum Gasteiger partial charge on any atom is -0.00985 e. The second-order valence-corrected chi connectivity index (χ2v) is 5.30. The summed E-state index contributed by atoms with van der Waals surface area (Å²) in [5.74, 6) is 0.754. The van der Waals surface area contributed by atoms with Gasteiger partial charge in [-0.2, -0.15) is 0 Å². The maximum absolute atomic E-state index is 2.34. The van der Waals surface area contributed by atoms with Gasteiger partial charge in [-0.05, 0) is 35.8 Å². The smallest absolute Gasteiger partial charge is 0.00985 e. The van der Waals surface area contributed by atoms with Gasteiger partial charge in [-0.1, -0.05) is 52.0 Å². The Morgan fingerprint density at radius 2 is 1.71 bits per heavy atom. The van der Waals surface area contributed by atoms with E-state index >= 15 is 0 Å². The molecule has 0 unspecified atom stereocenters. The van der Waals surface area contributed by atoms with Crippen LogP contribution in [0.1, 0.15) is 45.2 Å². The monoisotopic (exact) mass is 190 g/mol. The van der Waals surface area contributed by atoms with Crippen LogP contribution in [0.3, 0.4) is 0 Å². The zero-order chi connectivity index (χ0) is 10.8. The molecule has 0 spiro atoms. The molecule has 0 aliphatic rings. The van der Waals surface area contributed by atoms with Crippen molar-refractivity contribution in [3.05, 3.63) is 35.4 Å². The van der Waals surface area contributed by atoms with Gasteiger partial charge in [0, 0.05) is 0 Å². The number of hydrogen-bond acceptors (Lipinski definition) is 0. The Kier molecular flexibility index (Phi) is 3.36. The number of rotatable bonds is 3. The van der Waals surface area contributed by atoms with Crippen LogP contribution in [0.5, 0.6) is 0 Å². The van der Waals surface area contributed by atoms with E-state index in [0.29, 0.717) is 5.41 Å². The molecule has 0 radical (unpaired) electrons. The predicted molar refractivity (Wildman–Crippen MR) is 63.7 cm³/mol. The van der Waals surface area contributed by atoms with Crippen molar-refractivity contribution in [2.45, 2.75) is 46.5 Å². The van der Waals surface area contributed by atoms with Gasteiger partial charge in [0.15, 0.2) is 0 Å². The number of benzene rings is 1. The molecule has 0 amide bonds. The topological polar surface area (TPSA) is 0 Å². The molecule has 0 saturated heterocycles. The lowest BCUT2D eigenvalue weighted by molar-refractivity contribution is 0.398. The van der Waals surface area contributed by atoms with Crippen molar-refractivity contribution >= 4 is 0 Å². The van der Waals surface area contributed by atoms with Crippen molar-refractivity contribution in [1.82, 2.24) is 0 Å². The Balaban J connectivity index is 2.97. The minimum atomic E-state index is 0.305. The molecule has 1 aromatic rings. The summed E-state index contributed by atoms with van der Waals surface area (Å²) in [5.41, 5.74) is 3.21. The van der Waals surface area contributed by atoms with Crippen LogP contribution in [-0.2, 0) is 5.41 Å². The zero-order valence-electron chi connectivity index (χ0n) is 10.1. The lowest BCUT2D eigenvalue weighted by Gasteiger charge is -2.29. The van der Waals surface area contributed by atoms with Crippen LogP contribution in [0.4, 0.5) is 0 Å². The summed E-state index contributed by atoms with van der Waals surface area (Å²) in [6.45, 7) is 11.5. The average Bonchev–Trinajstić information content (AvgIpc) is 2.02. The van der Waals surface area contributed by atoms with Gasteiger partial charge in [-0.3, -0.25) is 0 Å². The van der Waals surface area contributed by atoms with E-state index in [1.807, 2.05) is 0 Å². The lowest BCUT2D eigenvalue weighted by Crippen LogP contribution is -2.20. The van der Waals surface area contributed by atoms with Gasteiger partial charge in [-0.15, -0.1) is 0 Å². The molecular weight excluding hydrogens is 168 g/mol. The number of hydrogen-bond donors (Lipinski definition) is 0. The summed E-state index contributed by atoms with van der Waals surface area (Å²) < 4.78 is 0. The van der Waals surface area contributed by atoms with Crippen LogP contribution in [0.25, 0.3) is 0 Å². The summed E-state index contributed by atoms with van der Waals surface area (Å²) in [4.78, 5) is 0. The van der Waals surface area contributed by atoms with Crippen LogP contribution >= 0.6 is 0 Å². The van der Waals surface area contributed by atoms with Crippen LogP contribution < -0.4 is 0 Å². The fraction of sp³-hybridized carbons (Fsp3) is 0.571. The summed E-state index contributed by atoms with van der Waals surface area (Å²) in [6, 6.07) is 8.73. The fourth-order valence-corrected chi connectivity index (χ4v) is 2.46. The second-order valence-electron chi connectivity index (χ2n) is 5.30. The average molecular weight is 190 g/mol. The molecule has 0 fully saturated rings. The van der Waals surface area contributed by atoms with Crippen molar-refractivity contribution in [2.75, 3.05) is 0 Å². The van der Waals surface area contributed by atoms with E-state index in [0.717, 1.165) is 5.92 Å². The van der Waals surface area contributed by atoms with Gasteiger partial charge in [0.05, 0.1) is 0 Å². The molecule has 78 valence electrons. The standard InChI is InChI=1S/C14H22/c1-11(2)10-14(4,5)13-9-7-6-8-12(13)3/h6-9,11H,10H2,1-5H3. The van der Waals surface area contributed by atoms with E-state index in [9.17, 15) is 0 Å². The molecule has 14 heavy (non-hydrogen) atoms. The Morgan fingerprint density at radius 3 is 2.21 bits per heavy atom. The van der Waals surface area contributed by atoms with E-state index in [1.54, 1.807) is 0 Å². The third-order valence-corrected chi connectivity index (χ3v) is 2.79. The van der Waals surface area contributed by atoms with E-state index in [1.165, 1.54) is 17.5 Å². The highest BCUT2D eigenvalue weighted by Gasteiger charge is 2.22. The summed E-state index contributed by atoms with van der Waals surface area (Å²) >= 11 is 0. The zero-order valence-corrected chi connectivity index (χ0v) is 10.1. The van der Waals surface area contributed by atoms with E-state index in [-0.39, 0.29) is 0 Å². The molecule has 0 atom stereocenters. The molecule has 1 rings (SSSR count). The Hall–Kier alpha value is -0.780. The Labute approximate surface area is 88.4 Å². The molecule has 0 nitrogen and oxygen atoms in total. The van der Waals surface area contributed by atoms with Crippen LogP contribution in [0.15, 0.2) is 24.3 Å². The first-order chi connectivity index (χ1) is 6.43. The molecule has 0 saturated carbocycles. The van der Waals surface area contributed by atoms with E-state index in [2.05, 4.69) is 58.9 Å². The molecule has 0 N–H and O–H groups in total. The Morgan fingerprint density at radius 1 is 1.14 bits per heavy atom. The van der Waals surface area contributed by atoms with Gasteiger partial charge in [-0.25, -0.2) is 0 Å². The first-order valence-corrected chi connectivity index (χ1v) is 5.49. The van der Waals surface area contributed by atoms with E-state index in [4.69, 9.17) is 0 Å². The van der Waals surface area contributed by atoms with Crippen LogP contribution in [0.2, 0.25) is 0 Å². The Bertz CT molecular complexity index is 295. The third kappa shape index (κ3) is 2.60. The second kappa shape index (κ2) is 4.16. The normalized spacial score (nSPS) is 12.1. The van der Waals surface area contributed by atoms with Gasteiger partial charge in [0.1, 0.15) is 0 Å². The van der Waals surface area contributed by atoms with Crippen LogP contribution in [0, 0.1) is 12.8 Å². The molecular formula is C14H22. The van der Waals surface area contributed by atoms with Crippen molar-refractivity contribution in [3.63, 3.8) is 0 Å². The molecule has 0 aliphatic heterocycles. The summed E-state index contributed by atoms with van der Waals surface area (Å²) in [7, 11) is 0. The van der Waals surface area contributed by atoms with E-state index < -0.39 is 0 Å². The van der Waals surface area contributed by atoms with Crippen LogP contribution in [-0.4, -0.2) is 0 Å². The van der Waals surface area contributed by atoms with Gasteiger partial charge >= 0.3 is 0 Å². The highest BCUT2D eigenvalue weighted by molar-refractivity contribution is 5.32. The fourth-order valence-electron chi connectivity index (χ4n) is 2.46.